The Balaban J connectivity index is 0.916. The van der Waals surface area contributed by atoms with Crippen molar-refractivity contribution >= 4 is 11.9 Å². The molecule has 44 heavy (non-hydrogen) atoms. The minimum Gasteiger partial charge on any atom is -0.491 e. The molecule has 0 amide bonds. The number of hydroxylamine groups is 4. The average molecular weight is 615 g/mol. The van der Waals surface area contributed by atoms with E-state index in [1.54, 1.807) is 12.1 Å². The van der Waals surface area contributed by atoms with Gasteiger partial charge in [-0.25, -0.2) is 18.4 Å². The van der Waals surface area contributed by atoms with Crippen LogP contribution in [0.4, 0.5) is 8.78 Å². The first-order valence-electron chi connectivity index (χ1n) is 15.1. The maximum Gasteiger partial charge on any atom is 0.349 e. The third-order valence-corrected chi connectivity index (χ3v) is 8.22. The van der Waals surface area contributed by atoms with Crippen molar-refractivity contribution in [3.8, 4) is 11.5 Å². The Morgan fingerprint density at radius 3 is 1.59 bits per heavy atom. The molecule has 2 fully saturated rings. The lowest BCUT2D eigenvalue weighted by molar-refractivity contribution is -0.214. The molecule has 2 unspecified atom stereocenters. The van der Waals surface area contributed by atoms with E-state index in [2.05, 4.69) is 0 Å². The van der Waals surface area contributed by atoms with Crippen LogP contribution in [0.15, 0.2) is 36.4 Å². The summed E-state index contributed by atoms with van der Waals surface area (Å²) in [6.45, 7) is 2.42. The van der Waals surface area contributed by atoms with Crippen molar-refractivity contribution in [1.29, 1.82) is 0 Å². The van der Waals surface area contributed by atoms with Gasteiger partial charge >= 0.3 is 11.9 Å². The molecule has 2 atom stereocenters. The molecule has 12 heteroatoms. The number of hydrogen-bond acceptors (Lipinski definition) is 10. The fraction of sp³-hybridized carbons (Fsp3) is 0.500. The summed E-state index contributed by atoms with van der Waals surface area (Å²) in [5.41, 5.74) is 3.27. The van der Waals surface area contributed by atoms with Gasteiger partial charge in [-0.3, -0.25) is 0 Å². The zero-order valence-corrected chi connectivity index (χ0v) is 24.4. The van der Waals surface area contributed by atoms with Crippen molar-refractivity contribution < 1.29 is 47.0 Å². The van der Waals surface area contributed by atoms with E-state index in [9.17, 15) is 18.4 Å². The second kappa shape index (κ2) is 14.0. The first-order chi connectivity index (χ1) is 21.4. The Hall–Kier alpha value is -3.58. The van der Waals surface area contributed by atoms with E-state index in [-0.39, 0.29) is 50.1 Å². The van der Waals surface area contributed by atoms with Crippen LogP contribution in [0.1, 0.15) is 35.1 Å². The third kappa shape index (κ3) is 7.37. The number of fused-ring (bicyclic) bond motifs is 2. The molecule has 0 saturated carbocycles. The summed E-state index contributed by atoms with van der Waals surface area (Å²) < 4.78 is 51.4. The van der Waals surface area contributed by atoms with Gasteiger partial charge in [-0.05, 0) is 73.9 Å². The van der Waals surface area contributed by atoms with Gasteiger partial charge in [0.25, 0.3) is 0 Å². The molecule has 0 aromatic heterocycles. The number of hydrogen-bond donors (Lipinski definition) is 0. The molecule has 0 N–H and O–H groups in total. The molecule has 4 aliphatic rings. The Morgan fingerprint density at radius 1 is 0.705 bits per heavy atom. The number of benzene rings is 2. The number of nitrogens with zero attached hydrogens (tertiary/aromatic N) is 2. The van der Waals surface area contributed by atoms with Crippen LogP contribution in [-0.4, -0.2) is 86.9 Å². The minimum atomic E-state index is -0.722. The number of ether oxygens (including phenoxy) is 4. The van der Waals surface area contributed by atoms with Crippen LogP contribution in [0.5, 0.6) is 11.5 Å². The Bertz CT molecular complexity index is 1300. The highest BCUT2D eigenvalue weighted by Gasteiger charge is 2.27. The van der Waals surface area contributed by atoms with Gasteiger partial charge in [0.1, 0.15) is 48.6 Å². The fourth-order valence-corrected chi connectivity index (χ4v) is 6.10. The fourth-order valence-electron chi connectivity index (χ4n) is 6.10. The van der Waals surface area contributed by atoms with Crippen molar-refractivity contribution in [3.05, 3.63) is 70.3 Å². The highest BCUT2D eigenvalue weighted by Crippen LogP contribution is 2.34. The second-order valence-electron chi connectivity index (χ2n) is 11.2. The first kappa shape index (κ1) is 30.4. The van der Waals surface area contributed by atoms with Crippen molar-refractivity contribution in [1.82, 2.24) is 10.1 Å². The highest BCUT2D eigenvalue weighted by atomic mass is 19.1. The van der Waals surface area contributed by atoms with E-state index in [4.69, 9.17) is 28.6 Å². The van der Waals surface area contributed by atoms with Crippen LogP contribution in [-0.2, 0) is 54.4 Å². The van der Waals surface area contributed by atoms with E-state index in [0.29, 0.717) is 50.6 Å². The molecule has 6 rings (SSSR count). The van der Waals surface area contributed by atoms with Gasteiger partial charge in [-0.2, -0.15) is 0 Å². The first-order valence-corrected chi connectivity index (χ1v) is 15.1. The maximum atomic E-state index is 14.0. The lowest BCUT2D eigenvalue weighted by atomic mass is 10.1. The van der Waals surface area contributed by atoms with Gasteiger partial charge in [0.2, 0.25) is 0 Å². The van der Waals surface area contributed by atoms with Crippen molar-refractivity contribution in [2.75, 3.05) is 52.6 Å². The molecule has 2 aliphatic carbocycles. The van der Waals surface area contributed by atoms with Gasteiger partial charge in [-0.1, -0.05) is 0 Å². The van der Waals surface area contributed by atoms with Gasteiger partial charge < -0.3 is 28.6 Å². The van der Waals surface area contributed by atoms with Crippen LogP contribution in [0.25, 0.3) is 0 Å². The largest absolute Gasteiger partial charge is 0.491 e. The monoisotopic (exact) mass is 614 g/mol. The van der Waals surface area contributed by atoms with E-state index in [0.717, 1.165) is 60.1 Å². The third-order valence-electron chi connectivity index (χ3n) is 8.22. The van der Waals surface area contributed by atoms with Crippen LogP contribution in [0.2, 0.25) is 0 Å². The lowest BCUT2D eigenvalue weighted by Gasteiger charge is -2.31. The van der Waals surface area contributed by atoms with Gasteiger partial charge in [-0.15, -0.1) is 10.1 Å². The van der Waals surface area contributed by atoms with Crippen molar-refractivity contribution in [2.45, 2.75) is 50.7 Å². The smallest absolute Gasteiger partial charge is 0.349 e. The molecule has 2 heterocycles. The molecule has 10 nitrogen and oxygen atoms in total. The van der Waals surface area contributed by atoms with Crippen LogP contribution in [0.3, 0.4) is 0 Å². The highest BCUT2D eigenvalue weighted by molar-refractivity contribution is 5.91. The number of rotatable bonds is 10. The number of halogens is 2. The zero-order chi connectivity index (χ0) is 30.5. The van der Waals surface area contributed by atoms with Crippen LogP contribution in [0, 0.1) is 11.6 Å². The topological polar surface area (TPSA) is 96.0 Å². The molecule has 2 aliphatic heterocycles. The van der Waals surface area contributed by atoms with Gasteiger partial charge in [0.05, 0.1) is 39.4 Å². The molecular formula is C32H36F2N2O8. The Kier molecular flexibility index (Phi) is 9.70. The summed E-state index contributed by atoms with van der Waals surface area (Å²) >= 11 is 0. The number of morpholine rings is 2. The molecule has 0 spiro atoms. The van der Waals surface area contributed by atoms with E-state index < -0.39 is 11.9 Å². The number of carbonyl (C=O) groups excluding carboxylic acids is 2. The normalized spacial score (nSPS) is 22.0. The second-order valence-corrected chi connectivity index (χ2v) is 11.2. The van der Waals surface area contributed by atoms with E-state index in [1.807, 2.05) is 0 Å². The van der Waals surface area contributed by atoms with Crippen LogP contribution >= 0.6 is 0 Å². The molecule has 236 valence electrons. The lowest BCUT2D eigenvalue weighted by Crippen LogP contribution is -2.45. The average Bonchev–Trinajstić information content (AvgIpc) is 3.72. The summed E-state index contributed by atoms with van der Waals surface area (Å²) in [6.07, 6.45) is 6.13. The summed E-state index contributed by atoms with van der Waals surface area (Å²) in [7, 11) is 0. The summed E-state index contributed by atoms with van der Waals surface area (Å²) in [5.74, 6) is -0.516. The van der Waals surface area contributed by atoms with Gasteiger partial charge in [0.15, 0.2) is 0 Å². The van der Waals surface area contributed by atoms with Gasteiger partial charge in [0, 0.05) is 23.3 Å². The molecule has 2 aromatic carbocycles. The van der Waals surface area contributed by atoms with Crippen molar-refractivity contribution in [2.24, 2.45) is 0 Å². The predicted molar refractivity (Wildman–Crippen MR) is 152 cm³/mol. The maximum absolute atomic E-state index is 14.0. The van der Waals surface area contributed by atoms with E-state index in [1.165, 1.54) is 22.3 Å². The Labute approximate surface area is 254 Å². The SMILES string of the molecule is O=C(/C=C/C(=O)ON1CCOC(COc2ccc(F)c3c2CCC3)C1)ON1CCOC(COc2ccc(F)c3c2CCC3)C1. The molecule has 2 aromatic rings. The summed E-state index contributed by atoms with van der Waals surface area (Å²) in [4.78, 5) is 35.5. The van der Waals surface area contributed by atoms with Crippen molar-refractivity contribution in [3.63, 3.8) is 0 Å². The molecular weight excluding hydrogens is 578 g/mol. The Morgan fingerprint density at radius 2 is 1.14 bits per heavy atom. The molecule has 2 saturated heterocycles. The molecule has 0 radical (unpaired) electrons. The molecule has 0 bridgehead atoms. The van der Waals surface area contributed by atoms with E-state index >= 15 is 0 Å². The van der Waals surface area contributed by atoms with Crippen LogP contribution < -0.4 is 9.47 Å². The summed E-state index contributed by atoms with van der Waals surface area (Å²) in [6, 6.07) is 6.15. The number of carbonyl (C=O) groups is 2. The zero-order valence-electron chi connectivity index (χ0n) is 24.4. The standard InChI is InChI=1S/C32H36F2N2O8/c33-27-7-9-29(25-5-1-3-23(25)27)41-19-21-17-35(13-15-39-21)43-31(37)11-12-32(38)44-36-14-16-40-22(18-36)20-42-30-10-8-28(34)24-4-2-6-26(24)30/h7-12,21-22H,1-6,13-20H2/b12-11+. The minimum absolute atomic E-state index is 0.196. The quantitative estimate of drug-likeness (QED) is 0.371. The summed E-state index contributed by atoms with van der Waals surface area (Å²) in [5, 5.41) is 2.93. The predicted octanol–water partition coefficient (Wildman–Crippen LogP) is 3.27.